The number of hydrogen-bond donors (Lipinski definition) is 2. The van der Waals surface area contributed by atoms with Crippen LogP contribution in [-0.4, -0.2) is 16.1 Å². The Kier molecular flexibility index (Phi) is 2.85. The van der Waals surface area contributed by atoms with Crippen molar-refractivity contribution in [3.05, 3.63) is 23.9 Å². The quantitative estimate of drug-likeness (QED) is 0.725. The number of rotatable bonds is 2. The largest absolute Gasteiger partial charge is 0.309 e. The van der Waals surface area contributed by atoms with Gasteiger partial charge in [-0.3, -0.25) is 9.89 Å². The molecule has 1 heterocycles. The van der Waals surface area contributed by atoms with Gasteiger partial charge in [-0.2, -0.15) is 5.10 Å². The molecule has 0 saturated heterocycles. The van der Waals surface area contributed by atoms with Gasteiger partial charge in [-0.15, -0.1) is 0 Å². The van der Waals surface area contributed by atoms with Crippen LogP contribution in [0.1, 0.15) is 25.0 Å². The number of nitrogens with zero attached hydrogens (tertiary/aromatic N) is 1. The molecule has 0 bridgehead atoms. The Morgan fingerprint density at radius 3 is 3.07 bits per heavy atom. The summed E-state index contributed by atoms with van der Waals surface area (Å²) in [5, 5.41) is 9.59. The maximum absolute atomic E-state index is 11.8. The Morgan fingerprint density at radius 2 is 2.47 bits per heavy atom. The third-order valence-corrected chi connectivity index (χ3v) is 2.60. The molecule has 1 atom stereocenters. The van der Waals surface area contributed by atoms with Crippen LogP contribution in [-0.2, 0) is 4.79 Å². The second kappa shape index (κ2) is 4.29. The fourth-order valence-electron chi connectivity index (χ4n) is 1.74. The van der Waals surface area contributed by atoms with E-state index in [0.717, 1.165) is 25.0 Å². The highest BCUT2D eigenvalue weighted by Gasteiger charge is 2.19. The Morgan fingerprint density at radius 1 is 1.60 bits per heavy atom. The second-order valence-electron chi connectivity index (χ2n) is 3.91. The summed E-state index contributed by atoms with van der Waals surface area (Å²) in [6.45, 7) is 1.91. The Hall–Kier alpha value is -1.58. The highest BCUT2D eigenvalue weighted by atomic mass is 16.1. The van der Waals surface area contributed by atoms with Crippen molar-refractivity contribution in [3.8, 4) is 0 Å². The van der Waals surface area contributed by atoms with Crippen molar-refractivity contribution in [2.75, 3.05) is 5.32 Å². The minimum Gasteiger partial charge on any atom is -0.309 e. The van der Waals surface area contributed by atoms with Crippen LogP contribution in [0.4, 0.5) is 5.82 Å². The molecule has 1 aliphatic rings. The monoisotopic (exact) mass is 205 g/mol. The fourth-order valence-corrected chi connectivity index (χ4v) is 1.74. The highest BCUT2D eigenvalue weighted by molar-refractivity contribution is 5.91. The molecule has 1 unspecified atom stereocenters. The first-order chi connectivity index (χ1) is 7.25. The standard InChI is InChI=1S/C11H15N3O/c1-8-7-10(14-13-8)12-11(15)9-5-3-2-4-6-9/h2-3,7,9H,4-6H2,1H3,(H2,12,13,14,15). The van der Waals surface area contributed by atoms with Gasteiger partial charge in [0.1, 0.15) is 0 Å². The number of hydrogen-bond acceptors (Lipinski definition) is 2. The summed E-state index contributed by atoms with van der Waals surface area (Å²) in [7, 11) is 0. The first-order valence-electron chi connectivity index (χ1n) is 5.23. The number of aromatic nitrogens is 2. The zero-order valence-electron chi connectivity index (χ0n) is 8.79. The summed E-state index contributed by atoms with van der Waals surface area (Å²) in [6.07, 6.45) is 6.98. The number of carbonyl (C=O) groups excluding carboxylic acids is 1. The molecule has 1 amide bonds. The van der Waals surface area contributed by atoms with E-state index in [4.69, 9.17) is 0 Å². The minimum absolute atomic E-state index is 0.0749. The van der Waals surface area contributed by atoms with Crippen LogP contribution in [0.2, 0.25) is 0 Å². The van der Waals surface area contributed by atoms with Gasteiger partial charge in [0.25, 0.3) is 0 Å². The van der Waals surface area contributed by atoms with Crippen LogP contribution in [0.15, 0.2) is 18.2 Å². The van der Waals surface area contributed by atoms with Crippen molar-refractivity contribution >= 4 is 11.7 Å². The third kappa shape index (κ3) is 2.46. The molecule has 1 aliphatic carbocycles. The van der Waals surface area contributed by atoms with Crippen molar-refractivity contribution < 1.29 is 4.79 Å². The van der Waals surface area contributed by atoms with Gasteiger partial charge in [-0.25, -0.2) is 0 Å². The summed E-state index contributed by atoms with van der Waals surface area (Å²) < 4.78 is 0. The van der Waals surface area contributed by atoms with E-state index in [9.17, 15) is 4.79 Å². The Bertz CT molecular complexity index is 381. The second-order valence-corrected chi connectivity index (χ2v) is 3.91. The molecule has 1 aromatic rings. The number of allylic oxidation sites excluding steroid dienone is 2. The van der Waals surface area contributed by atoms with E-state index in [1.807, 2.05) is 13.0 Å². The smallest absolute Gasteiger partial charge is 0.229 e. The number of carbonyl (C=O) groups is 1. The van der Waals surface area contributed by atoms with Gasteiger partial charge in [0, 0.05) is 17.7 Å². The number of anilines is 1. The van der Waals surface area contributed by atoms with Gasteiger partial charge in [0.2, 0.25) is 5.91 Å². The van der Waals surface area contributed by atoms with Crippen LogP contribution < -0.4 is 5.32 Å². The van der Waals surface area contributed by atoms with Crippen molar-refractivity contribution in [1.29, 1.82) is 0 Å². The highest BCUT2D eigenvalue weighted by Crippen LogP contribution is 2.19. The maximum Gasteiger partial charge on any atom is 0.229 e. The van der Waals surface area contributed by atoms with Crippen molar-refractivity contribution in [3.63, 3.8) is 0 Å². The third-order valence-electron chi connectivity index (χ3n) is 2.60. The van der Waals surface area contributed by atoms with Crippen LogP contribution in [0.5, 0.6) is 0 Å². The van der Waals surface area contributed by atoms with Crippen LogP contribution >= 0.6 is 0 Å². The van der Waals surface area contributed by atoms with E-state index in [1.165, 1.54) is 0 Å². The molecule has 80 valence electrons. The van der Waals surface area contributed by atoms with E-state index in [1.54, 1.807) is 0 Å². The Labute approximate surface area is 88.8 Å². The van der Waals surface area contributed by atoms with E-state index in [0.29, 0.717) is 5.82 Å². The van der Waals surface area contributed by atoms with E-state index >= 15 is 0 Å². The van der Waals surface area contributed by atoms with Gasteiger partial charge in [-0.05, 0) is 26.2 Å². The van der Waals surface area contributed by atoms with E-state index in [2.05, 4.69) is 27.7 Å². The topological polar surface area (TPSA) is 57.8 Å². The molecule has 2 N–H and O–H groups in total. The predicted molar refractivity (Wildman–Crippen MR) is 58.4 cm³/mol. The first-order valence-corrected chi connectivity index (χ1v) is 5.23. The molecule has 15 heavy (non-hydrogen) atoms. The molecule has 4 nitrogen and oxygen atoms in total. The zero-order chi connectivity index (χ0) is 10.7. The average Bonchev–Trinajstić information content (AvgIpc) is 2.65. The lowest BCUT2D eigenvalue weighted by molar-refractivity contribution is -0.120. The van der Waals surface area contributed by atoms with Crippen LogP contribution in [0.3, 0.4) is 0 Å². The molecule has 1 aromatic heterocycles. The molecule has 0 fully saturated rings. The number of nitrogens with one attached hydrogen (secondary N) is 2. The van der Waals surface area contributed by atoms with Crippen molar-refractivity contribution in [2.24, 2.45) is 5.92 Å². The lowest BCUT2D eigenvalue weighted by Gasteiger charge is -2.15. The molecule has 0 saturated carbocycles. The summed E-state index contributed by atoms with van der Waals surface area (Å²) in [4.78, 5) is 11.8. The number of amides is 1. The summed E-state index contributed by atoms with van der Waals surface area (Å²) in [5.41, 5.74) is 0.953. The zero-order valence-corrected chi connectivity index (χ0v) is 8.79. The van der Waals surface area contributed by atoms with Gasteiger partial charge < -0.3 is 5.32 Å². The van der Waals surface area contributed by atoms with Gasteiger partial charge in [0.05, 0.1) is 0 Å². The van der Waals surface area contributed by atoms with E-state index < -0.39 is 0 Å². The molecule has 4 heteroatoms. The Balaban J connectivity index is 1.94. The van der Waals surface area contributed by atoms with Crippen molar-refractivity contribution in [2.45, 2.75) is 26.2 Å². The van der Waals surface area contributed by atoms with Gasteiger partial charge >= 0.3 is 0 Å². The van der Waals surface area contributed by atoms with Crippen LogP contribution in [0.25, 0.3) is 0 Å². The molecular weight excluding hydrogens is 190 g/mol. The number of aryl methyl sites for hydroxylation is 1. The molecule has 0 radical (unpaired) electrons. The molecule has 2 rings (SSSR count). The fraction of sp³-hybridized carbons (Fsp3) is 0.455. The molecular formula is C11H15N3O. The molecule has 0 aliphatic heterocycles. The number of H-pyrrole nitrogens is 1. The number of aromatic amines is 1. The van der Waals surface area contributed by atoms with Crippen molar-refractivity contribution in [1.82, 2.24) is 10.2 Å². The maximum atomic E-state index is 11.8. The van der Waals surface area contributed by atoms with Gasteiger partial charge in [-0.1, -0.05) is 12.2 Å². The SMILES string of the molecule is Cc1cc(NC(=O)C2CC=CCC2)n[nH]1. The lowest BCUT2D eigenvalue weighted by atomic mass is 9.94. The summed E-state index contributed by atoms with van der Waals surface area (Å²) in [5.74, 6) is 0.796. The average molecular weight is 205 g/mol. The lowest BCUT2D eigenvalue weighted by Crippen LogP contribution is -2.23. The van der Waals surface area contributed by atoms with Gasteiger partial charge in [0.15, 0.2) is 5.82 Å². The first kappa shape index (κ1) is 9.96. The summed E-state index contributed by atoms with van der Waals surface area (Å²) >= 11 is 0. The van der Waals surface area contributed by atoms with E-state index in [-0.39, 0.29) is 11.8 Å². The molecule has 0 aromatic carbocycles. The normalized spacial score (nSPS) is 20.2. The predicted octanol–water partition coefficient (Wildman–Crippen LogP) is 2.01. The molecule has 0 spiro atoms. The minimum atomic E-state index is 0.0749. The van der Waals surface area contributed by atoms with Crippen LogP contribution in [0, 0.1) is 12.8 Å². The summed E-state index contributed by atoms with van der Waals surface area (Å²) in [6, 6.07) is 1.83.